The number of amides is 1. The maximum absolute atomic E-state index is 12.2. The number of anilines is 1. The zero-order valence-corrected chi connectivity index (χ0v) is 12.5. The number of aromatic nitrogens is 1. The van der Waals surface area contributed by atoms with Crippen molar-refractivity contribution in [3.05, 3.63) is 23.9 Å². The molecule has 0 aliphatic rings. The predicted molar refractivity (Wildman–Crippen MR) is 76.9 cm³/mol. The highest BCUT2D eigenvalue weighted by Crippen LogP contribution is 2.20. The van der Waals surface area contributed by atoms with Crippen LogP contribution in [0.1, 0.15) is 31.1 Å². The van der Waals surface area contributed by atoms with Gasteiger partial charge in [-0.05, 0) is 17.5 Å². The molecule has 1 amide bonds. The van der Waals surface area contributed by atoms with Crippen LogP contribution in [0.5, 0.6) is 0 Å². The Hall–Kier alpha value is -2.11. The van der Waals surface area contributed by atoms with E-state index in [9.17, 15) is 14.7 Å². The number of hydrogen-bond donors (Lipinski definition) is 2. The molecular formula is C14H21N3O3. The zero-order valence-electron chi connectivity index (χ0n) is 12.5. The van der Waals surface area contributed by atoms with Crippen LogP contribution in [0.4, 0.5) is 5.82 Å². The number of carbonyl (C=O) groups is 2. The second-order valence-corrected chi connectivity index (χ2v) is 5.91. The molecule has 0 unspecified atom stereocenters. The lowest BCUT2D eigenvalue weighted by atomic mass is 9.86. The van der Waals surface area contributed by atoms with Crippen molar-refractivity contribution in [1.29, 1.82) is 0 Å². The minimum absolute atomic E-state index is 0.388. The summed E-state index contributed by atoms with van der Waals surface area (Å²) in [4.78, 5) is 29.3. The monoisotopic (exact) mass is 279 g/mol. The van der Waals surface area contributed by atoms with Gasteiger partial charge in [-0.1, -0.05) is 20.8 Å². The summed E-state index contributed by atoms with van der Waals surface area (Å²) in [6.07, 6.45) is 1.52. The van der Waals surface area contributed by atoms with Crippen molar-refractivity contribution in [1.82, 2.24) is 10.3 Å². The maximum Gasteiger partial charge on any atom is 0.326 e. The van der Waals surface area contributed by atoms with Gasteiger partial charge in [-0.3, -0.25) is 4.79 Å². The van der Waals surface area contributed by atoms with E-state index in [4.69, 9.17) is 0 Å². The highest BCUT2D eigenvalue weighted by atomic mass is 16.4. The third kappa shape index (κ3) is 3.94. The lowest BCUT2D eigenvalue weighted by Gasteiger charge is -2.27. The third-order valence-electron chi connectivity index (χ3n) is 2.85. The van der Waals surface area contributed by atoms with Gasteiger partial charge in [0.05, 0.1) is 0 Å². The maximum atomic E-state index is 12.2. The predicted octanol–water partition coefficient (Wildman–Crippen LogP) is 1.38. The topological polar surface area (TPSA) is 82.5 Å². The standard InChI is InChI=1S/C14H21N3O3/c1-14(2,3)11(13(19)20)16-12(18)9-6-7-15-10(8-9)17(4)5/h6-8,11H,1-5H3,(H,16,18)(H,19,20)/t11-/m0/s1. The zero-order chi connectivity index (χ0) is 15.5. The van der Waals surface area contributed by atoms with Gasteiger partial charge in [-0.25, -0.2) is 9.78 Å². The van der Waals surface area contributed by atoms with E-state index in [1.54, 1.807) is 37.8 Å². The van der Waals surface area contributed by atoms with Crippen molar-refractivity contribution < 1.29 is 14.7 Å². The summed E-state index contributed by atoms with van der Waals surface area (Å²) in [7, 11) is 3.64. The Balaban J connectivity index is 2.95. The van der Waals surface area contributed by atoms with Crippen LogP contribution in [0.15, 0.2) is 18.3 Å². The van der Waals surface area contributed by atoms with Crippen LogP contribution in [0.25, 0.3) is 0 Å². The van der Waals surface area contributed by atoms with Gasteiger partial charge in [0.15, 0.2) is 0 Å². The smallest absolute Gasteiger partial charge is 0.326 e. The second-order valence-electron chi connectivity index (χ2n) is 5.91. The molecule has 2 N–H and O–H groups in total. The van der Waals surface area contributed by atoms with E-state index in [2.05, 4.69) is 10.3 Å². The first-order valence-electron chi connectivity index (χ1n) is 6.30. The van der Waals surface area contributed by atoms with Crippen LogP contribution in [-0.4, -0.2) is 42.1 Å². The molecule has 0 aromatic carbocycles. The molecule has 1 aromatic rings. The molecule has 0 spiro atoms. The SMILES string of the molecule is CN(C)c1cc(C(=O)N[C@@H](C(=O)O)C(C)(C)C)ccn1. The quantitative estimate of drug-likeness (QED) is 0.870. The molecule has 1 aromatic heterocycles. The number of hydrogen-bond acceptors (Lipinski definition) is 4. The molecule has 0 aliphatic heterocycles. The van der Waals surface area contributed by atoms with E-state index in [0.29, 0.717) is 11.4 Å². The molecule has 6 heteroatoms. The number of rotatable bonds is 4. The Bertz CT molecular complexity index is 507. The minimum atomic E-state index is -1.05. The van der Waals surface area contributed by atoms with Crippen LogP contribution in [-0.2, 0) is 4.79 Å². The first-order valence-corrected chi connectivity index (χ1v) is 6.30. The summed E-state index contributed by atoms with van der Waals surface area (Å²) >= 11 is 0. The summed E-state index contributed by atoms with van der Waals surface area (Å²) in [5.41, 5.74) is -0.182. The van der Waals surface area contributed by atoms with Crippen molar-refractivity contribution in [2.24, 2.45) is 5.41 Å². The molecule has 0 bridgehead atoms. The Morgan fingerprint density at radius 1 is 1.35 bits per heavy atom. The summed E-state index contributed by atoms with van der Waals surface area (Å²) < 4.78 is 0. The van der Waals surface area contributed by atoms with E-state index in [0.717, 1.165) is 0 Å². The second kappa shape index (κ2) is 5.90. The molecule has 1 heterocycles. The summed E-state index contributed by atoms with van der Waals surface area (Å²) in [6, 6.07) is 2.23. The van der Waals surface area contributed by atoms with Crippen molar-refractivity contribution >= 4 is 17.7 Å². The fraction of sp³-hybridized carbons (Fsp3) is 0.500. The van der Waals surface area contributed by atoms with Crippen molar-refractivity contribution in [2.75, 3.05) is 19.0 Å². The molecule has 1 atom stereocenters. The van der Waals surface area contributed by atoms with Gasteiger partial charge in [0.2, 0.25) is 0 Å². The number of nitrogens with zero attached hydrogens (tertiary/aromatic N) is 2. The van der Waals surface area contributed by atoms with Gasteiger partial charge in [0, 0.05) is 25.9 Å². The Morgan fingerprint density at radius 3 is 2.40 bits per heavy atom. The van der Waals surface area contributed by atoms with Gasteiger partial charge in [-0.15, -0.1) is 0 Å². The highest BCUT2D eigenvalue weighted by molar-refractivity contribution is 5.97. The van der Waals surface area contributed by atoms with Crippen molar-refractivity contribution in [3.8, 4) is 0 Å². The van der Waals surface area contributed by atoms with Crippen molar-refractivity contribution in [2.45, 2.75) is 26.8 Å². The van der Waals surface area contributed by atoms with E-state index >= 15 is 0 Å². The Morgan fingerprint density at radius 2 is 1.95 bits per heavy atom. The van der Waals surface area contributed by atoms with E-state index < -0.39 is 23.3 Å². The molecule has 6 nitrogen and oxygen atoms in total. The first kappa shape index (κ1) is 15.9. The van der Waals surface area contributed by atoms with E-state index in [1.807, 2.05) is 14.1 Å². The molecule has 20 heavy (non-hydrogen) atoms. The van der Waals surface area contributed by atoms with Crippen LogP contribution in [0, 0.1) is 5.41 Å². The number of carbonyl (C=O) groups excluding carboxylic acids is 1. The molecule has 0 saturated heterocycles. The molecule has 0 saturated carbocycles. The number of nitrogens with one attached hydrogen (secondary N) is 1. The van der Waals surface area contributed by atoms with Crippen LogP contribution < -0.4 is 10.2 Å². The number of carboxylic acids is 1. The summed E-state index contributed by atoms with van der Waals surface area (Å²) in [6.45, 7) is 5.30. The normalized spacial score (nSPS) is 12.7. The largest absolute Gasteiger partial charge is 0.480 e. The highest BCUT2D eigenvalue weighted by Gasteiger charge is 2.32. The first-order chi connectivity index (χ1) is 9.12. The van der Waals surface area contributed by atoms with Gasteiger partial charge in [0.1, 0.15) is 11.9 Å². The van der Waals surface area contributed by atoms with Crippen LogP contribution in [0.3, 0.4) is 0 Å². The third-order valence-corrected chi connectivity index (χ3v) is 2.85. The average Bonchev–Trinajstić information content (AvgIpc) is 2.33. The number of pyridine rings is 1. The lowest BCUT2D eigenvalue weighted by Crippen LogP contribution is -2.49. The summed E-state index contributed by atoms with van der Waals surface area (Å²) in [5, 5.41) is 11.8. The average molecular weight is 279 g/mol. The van der Waals surface area contributed by atoms with E-state index in [-0.39, 0.29) is 0 Å². The van der Waals surface area contributed by atoms with Gasteiger partial charge in [0.25, 0.3) is 5.91 Å². The minimum Gasteiger partial charge on any atom is -0.480 e. The summed E-state index contributed by atoms with van der Waals surface area (Å²) in [5.74, 6) is -0.828. The van der Waals surface area contributed by atoms with Gasteiger partial charge < -0.3 is 15.3 Å². The molecule has 110 valence electrons. The van der Waals surface area contributed by atoms with Crippen molar-refractivity contribution in [3.63, 3.8) is 0 Å². The molecule has 0 radical (unpaired) electrons. The molecular weight excluding hydrogens is 258 g/mol. The number of carboxylic acid groups (broad SMARTS) is 1. The Kier molecular flexibility index (Phi) is 4.70. The van der Waals surface area contributed by atoms with Crippen LogP contribution >= 0.6 is 0 Å². The molecule has 0 aliphatic carbocycles. The van der Waals surface area contributed by atoms with Crippen LogP contribution in [0.2, 0.25) is 0 Å². The van der Waals surface area contributed by atoms with Gasteiger partial charge >= 0.3 is 5.97 Å². The lowest BCUT2D eigenvalue weighted by molar-refractivity contribution is -0.142. The molecule has 0 fully saturated rings. The fourth-order valence-corrected chi connectivity index (χ4v) is 1.67. The Labute approximate surface area is 118 Å². The molecule has 1 rings (SSSR count). The number of aliphatic carboxylic acids is 1. The van der Waals surface area contributed by atoms with Gasteiger partial charge in [-0.2, -0.15) is 0 Å². The fourth-order valence-electron chi connectivity index (χ4n) is 1.67. The van der Waals surface area contributed by atoms with E-state index in [1.165, 1.54) is 6.20 Å².